The van der Waals surface area contributed by atoms with Crippen molar-refractivity contribution < 1.29 is 13.7 Å². The van der Waals surface area contributed by atoms with Gasteiger partial charge in [0.15, 0.2) is 18.2 Å². The topological polar surface area (TPSA) is 74.2 Å². The van der Waals surface area contributed by atoms with Crippen LogP contribution in [0.3, 0.4) is 0 Å². The van der Waals surface area contributed by atoms with Gasteiger partial charge in [-0.1, -0.05) is 11.2 Å². The average Bonchev–Trinajstić information content (AvgIpc) is 3.17. The molecule has 1 saturated carbocycles. The second kappa shape index (κ2) is 5.20. The molecule has 0 unspecified atom stereocenters. The monoisotopic (exact) mass is 277 g/mol. The maximum absolute atomic E-state index is 13.8. The molecule has 1 atom stereocenters. The first kappa shape index (κ1) is 13.1. The van der Waals surface area contributed by atoms with Crippen LogP contribution in [0.5, 0.6) is 5.75 Å². The summed E-state index contributed by atoms with van der Waals surface area (Å²) >= 11 is 0. The van der Waals surface area contributed by atoms with Crippen LogP contribution >= 0.6 is 0 Å². The van der Waals surface area contributed by atoms with Gasteiger partial charge in [0.2, 0.25) is 11.7 Å². The molecule has 1 fully saturated rings. The standard InChI is InChI=1S/C14H16FN3O2/c1-8(16)10-4-5-12(11(15)6-10)19-7-13-17-14(20-18-13)9-2-3-9/h4-6,8-9H,2-3,7,16H2,1H3/t8-/m1/s1. The quantitative estimate of drug-likeness (QED) is 0.909. The van der Waals surface area contributed by atoms with E-state index < -0.39 is 5.82 Å². The van der Waals surface area contributed by atoms with Gasteiger partial charge in [-0.05, 0) is 37.5 Å². The summed E-state index contributed by atoms with van der Waals surface area (Å²) in [6.07, 6.45) is 2.19. The van der Waals surface area contributed by atoms with Crippen LogP contribution in [0.1, 0.15) is 49.0 Å². The molecule has 0 aliphatic heterocycles. The normalized spacial score (nSPS) is 16.1. The lowest BCUT2D eigenvalue weighted by Gasteiger charge is -2.09. The molecule has 106 valence electrons. The Labute approximate surface area is 115 Å². The van der Waals surface area contributed by atoms with Gasteiger partial charge in [0.05, 0.1) is 0 Å². The molecule has 0 amide bonds. The fourth-order valence-corrected chi connectivity index (χ4v) is 1.88. The van der Waals surface area contributed by atoms with E-state index in [1.165, 1.54) is 6.07 Å². The van der Waals surface area contributed by atoms with E-state index in [0.717, 1.165) is 18.4 Å². The molecule has 1 aliphatic rings. The van der Waals surface area contributed by atoms with Crippen molar-refractivity contribution in [3.8, 4) is 5.75 Å². The SMILES string of the molecule is C[C@@H](N)c1ccc(OCc2noc(C3CC3)n2)c(F)c1. The van der Waals surface area contributed by atoms with Crippen LogP contribution in [0.2, 0.25) is 0 Å². The molecule has 0 spiro atoms. The van der Waals surface area contributed by atoms with E-state index in [9.17, 15) is 4.39 Å². The molecule has 2 N–H and O–H groups in total. The Bertz CT molecular complexity index is 608. The van der Waals surface area contributed by atoms with E-state index >= 15 is 0 Å². The highest BCUT2D eigenvalue weighted by Gasteiger charge is 2.29. The van der Waals surface area contributed by atoms with Gasteiger partial charge in [0, 0.05) is 12.0 Å². The van der Waals surface area contributed by atoms with Crippen molar-refractivity contribution in [3.63, 3.8) is 0 Å². The minimum atomic E-state index is -0.439. The number of hydrogen-bond donors (Lipinski definition) is 1. The summed E-state index contributed by atoms with van der Waals surface area (Å²) in [6.45, 7) is 1.89. The van der Waals surface area contributed by atoms with Gasteiger partial charge < -0.3 is 15.0 Å². The van der Waals surface area contributed by atoms with Gasteiger partial charge in [-0.15, -0.1) is 0 Å². The van der Waals surface area contributed by atoms with Crippen molar-refractivity contribution in [3.05, 3.63) is 41.3 Å². The van der Waals surface area contributed by atoms with Gasteiger partial charge in [0.25, 0.3) is 0 Å². The average molecular weight is 277 g/mol. The predicted molar refractivity (Wildman–Crippen MR) is 69.6 cm³/mol. The third-order valence-corrected chi connectivity index (χ3v) is 3.25. The molecule has 6 heteroatoms. The summed E-state index contributed by atoms with van der Waals surface area (Å²) < 4.78 is 24.3. The van der Waals surface area contributed by atoms with E-state index in [1.807, 2.05) is 0 Å². The first-order valence-electron chi connectivity index (χ1n) is 6.64. The highest BCUT2D eigenvalue weighted by atomic mass is 19.1. The Kier molecular flexibility index (Phi) is 3.40. The second-order valence-corrected chi connectivity index (χ2v) is 5.09. The highest BCUT2D eigenvalue weighted by molar-refractivity contribution is 5.30. The minimum Gasteiger partial charge on any atom is -0.482 e. The molecule has 0 bridgehead atoms. The van der Waals surface area contributed by atoms with Crippen LogP contribution in [-0.2, 0) is 6.61 Å². The largest absolute Gasteiger partial charge is 0.482 e. The fraction of sp³-hybridized carbons (Fsp3) is 0.429. The lowest BCUT2D eigenvalue weighted by molar-refractivity contribution is 0.272. The Morgan fingerprint density at radius 1 is 1.50 bits per heavy atom. The van der Waals surface area contributed by atoms with Crippen LogP contribution in [-0.4, -0.2) is 10.1 Å². The second-order valence-electron chi connectivity index (χ2n) is 5.09. The molecule has 0 saturated heterocycles. The zero-order chi connectivity index (χ0) is 14.1. The van der Waals surface area contributed by atoms with Crippen molar-refractivity contribution >= 4 is 0 Å². The van der Waals surface area contributed by atoms with Crippen molar-refractivity contribution in [1.82, 2.24) is 10.1 Å². The van der Waals surface area contributed by atoms with Crippen LogP contribution in [0.15, 0.2) is 22.7 Å². The van der Waals surface area contributed by atoms with Crippen molar-refractivity contribution in [2.45, 2.75) is 38.3 Å². The number of aromatic nitrogens is 2. The molecule has 1 aromatic carbocycles. The Morgan fingerprint density at radius 2 is 2.30 bits per heavy atom. The lowest BCUT2D eigenvalue weighted by atomic mass is 10.1. The number of nitrogens with two attached hydrogens (primary N) is 1. The smallest absolute Gasteiger partial charge is 0.229 e. The van der Waals surface area contributed by atoms with Gasteiger partial charge in [-0.2, -0.15) is 4.98 Å². The fourth-order valence-electron chi connectivity index (χ4n) is 1.88. The summed E-state index contributed by atoms with van der Waals surface area (Å²) in [5.74, 6) is 1.20. The summed E-state index contributed by atoms with van der Waals surface area (Å²) in [6, 6.07) is 4.48. The van der Waals surface area contributed by atoms with E-state index in [2.05, 4.69) is 10.1 Å². The van der Waals surface area contributed by atoms with Gasteiger partial charge in [0.1, 0.15) is 0 Å². The van der Waals surface area contributed by atoms with Crippen molar-refractivity contribution in [2.24, 2.45) is 5.73 Å². The van der Waals surface area contributed by atoms with Crippen molar-refractivity contribution in [1.29, 1.82) is 0 Å². The number of hydrogen-bond acceptors (Lipinski definition) is 5. The highest BCUT2D eigenvalue weighted by Crippen LogP contribution is 2.38. The molecule has 20 heavy (non-hydrogen) atoms. The van der Waals surface area contributed by atoms with Gasteiger partial charge in [-0.3, -0.25) is 0 Å². The van der Waals surface area contributed by atoms with E-state index in [1.54, 1.807) is 19.1 Å². The number of rotatable bonds is 5. The Balaban J connectivity index is 1.65. The van der Waals surface area contributed by atoms with Crippen LogP contribution in [0, 0.1) is 5.82 Å². The third-order valence-electron chi connectivity index (χ3n) is 3.25. The molecule has 2 aromatic rings. The molecule has 1 aromatic heterocycles. The number of nitrogens with zero attached hydrogens (tertiary/aromatic N) is 2. The zero-order valence-corrected chi connectivity index (χ0v) is 11.2. The van der Waals surface area contributed by atoms with E-state index in [0.29, 0.717) is 17.6 Å². The van der Waals surface area contributed by atoms with E-state index in [-0.39, 0.29) is 18.4 Å². The summed E-state index contributed by atoms with van der Waals surface area (Å²) in [5.41, 5.74) is 6.42. The van der Waals surface area contributed by atoms with Crippen molar-refractivity contribution in [2.75, 3.05) is 0 Å². The summed E-state index contributed by atoms with van der Waals surface area (Å²) in [7, 11) is 0. The predicted octanol–water partition coefficient (Wildman–Crippen LogP) is 2.68. The minimum absolute atomic E-state index is 0.0880. The lowest BCUT2D eigenvalue weighted by Crippen LogP contribution is -2.06. The number of ether oxygens (including phenoxy) is 1. The zero-order valence-electron chi connectivity index (χ0n) is 11.2. The Morgan fingerprint density at radius 3 is 2.95 bits per heavy atom. The summed E-state index contributed by atoms with van der Waals surface area (Å²) in [5, 5.41) is 3.81. The van der Waals surface area contributed by atoms with Gasteiger partial charge in [-0.25, -0.2) is 4.39 Å². The molecule has 1 heterocycles. The molecular formula is C14H16FN3O2. The number of halogens is 1. The maximum atomic E-state index is 13.8. The van der Waals surface area contributed by atoms with E-state index in [4.69, 9.17) is 15.0 Å². The molecule has 0 radical (unpaired) electrons. The van der Waals surface area contributed by atoms with Crippen LogP contribution < -0.4 is 10.5 Å². The summed E-state index contributed by atoms with van der Waals surface area (Å²) in [4.78, 5) is 4.22. The Hall–Kier alpha value is -1.95. The molecule has 5 nitrogen and oxygen atoms in total. The first-order chi connectivity index (χ1) is 9.63. The van der Waals surface area contributed by atoms with Crippen LogP contribution in [0.4, 0.5) is 4.39 Å². The maximum Gasteiger partial charge on any atom is 0.229 e. The van der Waals surface area contributed by atoms with Crippen LogP contribution in [0.25, 0.3) is 0 Å². The molecule has 1 aliphatic carbocycles. The molecular weight excluding hydrogens is 261 g/mol. The molecule has 3 rings (SSSR count). The third kappa shape index (κ3) is 2.80. The van der Waals surface area contributed by atoms with Gasteiger partial charge >= 0.3 is 0 Å². The number of benzene rings is 1. The first-order valence-corrected chi connectivity index (χ1v) is 6.64.